The van der Waals surface area contributed by atoms with Crippen LogP contribution in [0.4, 0.5) is 28.8 Å². The SMILES string of the molecule is CC(=O)C(CCC(N)=O)N1C(=O)c2cccc(NCCOCCC(=O)N3CCC(c4ccc(Nc5ncc(C)c(Nc6cccc([SH](=O)=O)c6)n5)cc4)CC3)c2C1=O. The van der Waals surface area contributed by atoms with Crippen LogP contribution in [0.25, 0.3) is 0 Å². The summed E-state index contributed by atoms with van der Waals surface area (Å²) >= 11 is 0. The van der Waals surface area contributed by atoms with Gasteiger partial charge in [-0.25, -0.2) is 13.4 Å². The molecule has 1 unspecified atom stereocenters. The van der Waals surface area contributed by atoms with E-state index in [-0.39, 0.29) is 54.4 Å². The largest absolute Gasteiger partial charge is 0.382 e. The molecule has 3 aromatic carbocycles. The van der Waals surface area contributed by atoms with Crippen molar-refractivity contribution in [2.75, 3.05) is 48.8 Å². The second kappa shape index (κ2) is 18.8. The van der Waals surface area contributed by atoms with E-state index in [1.165, 1.54) is 24.6 Å². The van der Waals surface area contributed by atoms with Crippen molar-refractivity contribution in [3.63, 3.8) is 0 Å². The van der Waals surface area contributed by atoms with Gasteiger partial charge in [-0.05, 0) is 87.1 Å². The standard InChI is InChI=1S/C41H46N8O8S/c1-25-24-44-41(47-38(25)45-30-5-3-6-31(23-30)58(55)56)46-29-11-9-27(10-12-29)28-15-19-48(20-16-28)36(52)17-21-57-22-18-43-33-8-4-7-32-37(33)40(54)49(39(32)53)34(26(2)50)13-14-35(42)51/h3-12,23-24,28,34,43,58H,13-22H2,1-2H3,(H2,42,51)(H2,44,45,46,47). The number of carbonyl (C=O) groups excluding carboxylic acids is 5. The summed E-state index contributed by atoms with van der Waals surface area (Å²) in [6.07, 6.45) is 3.41. The molecule has 1 fully saturated rings. The van der Waals surface area contributed by atoms with Gasteiger partial charge in [-0.2, -0.15) is 4.98 Å². The predicted molar refractivity (Wildman–Crippen MR) is 217 cm³/mol. The van der Waals surface area contributed by atoms with Crippen molar-refractivity contribution in [1.82, 2.24) is 19.8 Å². The van der Waals surface area contributed by atoms with Crippen molar-refractivity contribution in [3.8, 4) is 0 Å². The Hall–Kier alpha value is -6.20. The fourth-order valence-electron chi connectivity index (χ4n) is 7.10. The molecule has 304 valence electrons. The number of fused-ring (bicyclic) bond motifs is 1. The number of aryl methyl sites for hydroxylation is 1. The first kappa shape index (κ1) is 41.4. The van der Waals surface area contributed by atoms with Crippen LogP contribution < -0.4 is 21.7 Å². The van der Waals surface area contributed by atoms with E-state index in [0.29, 0.717) is 48.7 Å². The zero-order valence-corrected chi connectivity index (χ0v) is 33.1. The highest BCUT2D eigenvalue weighted by Crippen LogP contribution is 2.33. The molecule has 1 atom stereocenters. The number of carbonyl (C=O) groups is 5. The summed E-state index contributed by atoms with van der Waals surface area (Å²) in [6, 6.07) is 18.3. The molecule has 0 bridgehead atoms. The number of Topliss-reactive ketones (excluding diaryl/α,β-unsaturated/α-hetero) is 1. The van der Waals surface area contributed by atoms with Gasteiger partial charge in [-0.3, -0.25) is 28.9 Å². The first-order valence-electron chi connectivity index (χ1n) is 19.0. The first-order valence-corrected chi connectivity index (χ1v) is 20.2. The summed E-state index contributed by atoms with van der Waals surface area (Å²) in [7, 11) is -2.70. The number of primary amides is 1. The van der Waals surface area contributed by atoms with E-state index < -0.39 is 40.3 Å². The maximum atomic E-state index is 13.3. The number of likely N-dealkylation sites (tertiary alicyclic amines) is 1. The van der Waals surface area contributed by atoms with Gasteiger partial charge in [0.15, 0.2) is 16.5 Å². The molecule has 16 nitrogen and oxygen atoms in total. The first-order chi connectivity index (χ1) is 27.9. The number of hydrogen-bond donors (Lipinski definition) is 5. The normalized spacial score (nSPS) is 14.7. The predicted octanol–water partition coefficient (Wildman–Crippen LogP) is 4.29. The van der Waals surface area contributed by atoms with Gasteiger partial charge >= 0.3 is 0 Å². The molecule has 0 radical (unpaired) electrons. The minimum absolute atomic E-state index is 0.0212. The van der Waals surface area contributed by atoms with Gasteiger partial charge < -0.3 is 31.3 Å². The number of piperidine rings is 1. The van der Waals surface area contributed by atoms with Crippen LogP contribution >= 0.6 is 0 Å². The zero-order chi connectivity index (χ0) is 41.3. The second-order valence-electron chi connectivity index (χ2n) is 14.2. The average Bonchev–Trinajstić information content (AvgIpc) is 3.46. The van der Waals surface area contributed by atoms with Crippen LogP contribution in [0.3, 0.4) is 0 Å². The molecule has 0 spiro atoms. The highest BCUT2D eigenvalue weighted by atomic mass is 32.2. The molecular formula is C41H46N8O8S. The molecule has 1 saturated heterocycles. The third-order valence-corrected chi connectivity index (χ3v) is 10.9. The molecule has 5 N–H and O–H groups in total. The number of imide groups is 1. The van der Waals surface area contributed by atoms with Crippen LogP contribution in [0.5, 0.6) is 0 Å². The van der Waals surface area contributed by atoms with Crippen LogP contribution in [-0.4, -0.2) is 96.5 Å². The topological polar surface area (TPSA) is 223 Å². The van der Waals surface area contributed by atoms with Gasteiger partial charge in [0.05, 0.1) is 41.7 Å². The van der Waals surface area contributed by atoms with Gasteiger partial charge in [-0.1, -0.05) is 24.3 Å². The van der Waals surface area contributed by atoms with Crippen LogP contribution in [0.15, 0.2) is 77.8 Å². The van der Waals surface area contributed by atoms with Gasteiger partial charge in [0.2, 0.25) is 17.8 Å². The zero-order valence-electron chi connectivity index (χ0n) is 32.2. The molecule has 2 aliphatic rings. The number of amides is 4. The third kappa shape index (κ3) is 10.0. The second-order valence-corrected chi connectivity index (χ2v) is 15.2. The molecule has 0 aliphatic carbocycles. The molecule has 0 saturated carbocycles. The summed E-state index contributed by atoms with van der Waals surface area (Å²) in [5.74, 6) is -0.980. The number of hydrogen-bond acceptors (Lipinski definition) is 13. The number of nitrogens with two attached hydrogens (primary N) is 1. The van der Waals surface area contributed by atoms with Gasteiger partial charge in [-0.15, -0.1) is 0 Å². The molecular weight excluding hydrogens is 765 g/mol. The number of nitrogens with zero attached hydrogens (tertiary/aromatic N) is 4. The summed E-state index contributed by atoms with van der Waals surface area (Å²) in [6.45, 7) is 5.20. The average molecular weight is 811 g/mol. The van der Waals surface area contributed by atoms with Gasteiger partial charge in [0, 0.05) is 54.9 Å². The Kier molecular flexibility index (Phi) is 13.5. The fraction of sp³-hybridized carbons (Fsp3) is 0.341. The molecule has 6 rings (SSSR count). The Morgan fingerprint density at radius 1 is 0.931 bits per heavy atom. The van der Waals surface area contributed by atoms with Crippen molar-refractivity contribution in [2.45, 2.75) is 62.8 Å². The van der Waals surface area contributed by atoms with Crippen molar-refractivity contribution in [1.29, 1.82) is 0 Å². The van der Waals surface area contributed by atoms with Crippen LogP contribution in [0, 0.1) is 6.92 Å². The van der Waals surface area contributed by atoms with Gasteiger partial charge in [0.1, 0.15) is 5.82 Å². The van der Waals surface area contributed by atoms with Crippen molar-refractivity contribution >= 4 is 68.9 Å². The number of nitrogens with one attached hydrogen (secondary N) is 3. The van der Waals surface area contributed by atoms with Crippen LogP contribution in [-0.2, 0) is 29.8 Å². The van der Waals surface area contributed by atoms with Crippen LogP contribution in [0.1, 0.15) is 76.8 Å². The number of anilines is 5. The Morgan fingerprint density at radius 2 is 1.67 bits per heavy atom. The van der Waals surface area contributed by atoms with Gasteiger partial charge in [0.25, 0.3) is 11.8 Å². The molecule has 4 aromatic rings. The lowest BCUT2D eigenvalue weighted by Gasteiger charge is -2.32. The number of ketones is 1. The quantitative estimate of drug-likeness (QED) is 0.0539. The summed E-state index contributed by atoms with van der Waals surface area (Å²) in [5.41, 5.74) is 9.39. The molecule has 3 heterocycles. The Labute approximate surface area is 337 Å². The summed E-state index contributed by atoms with van der Waals surface area (Å²) in [5, 5.41) is 9.53. The van der Waals surface area contributed by atoms with E-state index in [1.807, 2.05) is 24.0 Å². The fourth-order valence-corrected chi connectivity index (χ4v) is 7.55. The smallest absolute Gasteiger partial charge is 0.264 e. The molecule has 1 aromatic heterocycles. The van der Waals surface area contributed by atoms with E-state index in [4.69, 9.17) is 10.5 Å². The van der Waals surface area contributed by atoms with Crippen molar-refractivity contribution in [2.24, 2.45) is 5.73 Å². The lowest BCUT2D eigenvalue weighted by atomic mass is 9.89. The Bertz CT molecular complexity index is 2270. The molecule has 2 aliphatic heterocycles. The lowest BCUT2D eigenvalue weighted by Crippen LogP contribution is -2.44. The number of benzene rings is 3. The van der Waals surface area contributed by atoms with E-state index >= 15 is 0 Å². The third-order valence-electron chi connectivity index (χ3n) is 10.2. The van der Waals surface area contributed by atoms with Crippen LogP contribution in [0.2, 0.25) is 0 Å². The molecule has 58 heavy (non-hydrogen) atoms. The van der Waals surface area contributed by atoms with Crippen molar-refractivity contribution < 1.29 is 37.1 Å². The minimum atomic E-state index is -2.70. The van der Waals surface area contributed by atoms with E-state index in [2.05, 4.69) is 38.1 Å². The minimum Gasteiger partial charge on any atom is -0.382 e. The van der Waals surface area contributed by atoms with Crippen molar-refractivity contribution in [3.05, 3.63) is 95.2 Å². The maximum Gasteiger partial charge on any atom is 0.264 e. The van der Waals surface area contributed by atoms with E-state index in [0.717, 1.165) is 29.0 Å². The Morgan fingerprint density at radius 3 is 2.38 bits per heavy atom. The molecule has 4 amide bonds. The highest BCUT2D eigenvalue weighted by molar-refractivity contribution is 7.72. The summed E-state index contributed by atoms with van der Waals surface area (Å²) in [4.78, 5) is 75.0. The lowest BCUT2D eigenvalue weighted by molar-refractivity contribution is -0.133. The summed E-state index contributed by atoms with van der Waals surface area (Å²) < 4.78 is 28.5. The highest BCUT2D eigenvalue weighted by Gasteiger charge is 2.43. The molecule has 17 heteroatoms. The number of rotatable bonds is 18. The monoisotopic (exact) mass is 810 g/mol. The number of aromatic nitrogens is 2. The number of thiol groups is 1. The maximum absolute atomic E-state index is 13.3. The number of ether oxygens (including phenoxy) is 1. The van der Waals surface area contributed by atoms with E-state index in [9.17, 15) is 32.4 Å². The Balaban J connectivity index is 0.917. The van der Waals surface area contributed by atoms with E-state index in [1.54, 1.807) is 36.5 Å².